The monoisotopic (exact) mass is 1900 g/mol. The van der Waals surface area contributed by atoms with Gasteiger partial charge in [0.2, 0.25) is 17.7 Å². The Balaban J connectivity index is 0.000000179. The van der Waals surface area contributed by atoms with Crippen molar-refractivity contribution in [2.24, 2.45) is 23.5 Å². The fourth-order valence-electron chi connectivity index (χ4n) is 17.4. The van der Waals surface area contributed by atoms with Crippen LogP contribution in [0.25, 0.3) is 0 Å². The van der Waals surface area contributed by atoms with Crippen LogP contribution >= 0.6 is 91.1 Å². The number of nitrogens with two attached hydrogens (primary N) is 1. The summed E-state index contributed by atoms with van der Waals surface area (Å²) in [6.45, 7) is 30.5. The average Bonchev–Trinajstić information content (AvgIpc) is 1.78. The van der Waals surface area contributed by atoms with Crippen LogP contribution in [0, 0.1) is 17.8 Å². The van der Waals surface area contributed by atoms with Crippen LogP contribution in [0.3, 0.4) is 0 Å². The van der Waals surface area contributed by atoms with E-state index >= 15 is 0 Å². The molecular weight excluding hydrogens is 1770 g/mol. The van der Waals surface area contributed by atoms with E-state index in [2.05, 4.69) is 50.2 Å². The molecule has 127 heavy (non-hydrogen) atoms. The largest absolute Gasteiger partial charge is 0.489 e. The highest BCUT2D eigenvalue weighted by Crippen LogP contribution is 2.38. The molecule has 0 saturated carbocycles. The standard InChI is InChI=1S/3C27H35Cl2N3O3.C16H25ClN2O2.H3P/c3*1-18(2)35-25-10-5-19(15-23(25)29)26(33)24(17-31-12-3-4-13-31)30-27(34)20-11-14-32(16-20)22-8-6-21(28)7-9-22;1-11(2)21-15-6-5-12(9-13(15)17)16(20)14(18)10-19-7-3-4-8-19;/h3*5-10,15,18,20,24,26,33H,3-4,11-14,16-17H2,1-2H3,(H,30,34);5-6,9,11,14,16,20H,3-4,7-8,10,18H2,1-2H3;1H3/t20?,24-,26-;20-,24+,26+;20-,24-,26-;14-,16?;/m1011./s1. The highest BCUT2D eigenvalue weighted by atomic mass is 35.5. The maximum absolute atomic E-state index is 13.3. The first-order chi connectivity index (χ1) is 60.4. The van der Waals surface area contributed by atoms with Gasteiger partial charge in [0.1, 0.15) is 41.3 Å². The summed E-state index contributed by atoms with van der Waals surface area (Å²) in [6, 6.07) is 43.0. The average molecular weight is 1910 g/mol. The lowest BCUT2D eigenvalue weighted by atomic mass is 10.00. The number of ether oxygens (including phenoxy) is 4. The van der Waals surface area contributed by atoms with Crippen LogP contribution < -0.4 is 55.3 Å². The van der Waals surface area contributed by atoms with Gasteiger partial charge in [-0.1, -0.05) is 105 Å². The molecule has 0 aliphatic carbocycles. The van der Waals surface area contributed by atoms with Gasteiger partial charge in [0.05, 0.1) is 86.5 Å². The summed E-state index contributed by atoms with van der Waals surface area (Å²) in [5.41, 5.74) is 12.1. The van der Waals surface area contributed by atoms with Crippen molar-refractivity contribution in [3.05, 3.63) is 203 Å². The second-order valence-corrected chi connectivity index (χ2v) is 38.4. The molecule has 9 N–H and O–H groups in total. The Morgan fingerprint density at radius 3 is 0.780 bits per heavy atom. The lowest BCUT2D eigenvalue weighted by molar-refractivity contribution is -0.127. The third-order valence-corrected chi connectivity index (χ3v) is 26.0. The van der Waals surface area contributed by atoms with Gasteiger partial charge in [-0.25, -0.2) is 0 Å². The van der Waals surface area contributed by atoms with Crippen LogP contribution in [0.4, 0.5) is 17.1 Å². The number of aliphatic hydroxyl groups excluding tert-OH is 4. The van der Waals surface area contributed by atoms with Gasteiger partial charge in [0.25, 0.3) is 0 Å². The molecule has 14 rings (SSSR count). The molecule has 7 fully saturated rings. The highest BCUT2D eigenvalue weighted by Gasteiger charge is 2.38. The number of rotatable bonds is 33. The highest BCUT2D eigenvalue weighted by molar-refractivity contribution is 6.92. The summed E-state index contributed by atoms with van der Waals surface area (Å²) in [7, 11) is 0. The molecular formula is C97H133Cl7N11O11P. The molecule has 7 aliphatic heterocycles. The molecule has 3 amide bonds. The van der Waals surface area contributed by atoms with Crippen LogP contribution in [0.2, 0.25) is 35.2 Å². The Morgan fingerprint density at radius 2 is 0.559 bits per heavy atom. The number of hydrogen-bond donors (Lipinski definition) is 8. The first-order valence-corrected chi connectivity index (χ1v) is 47.7. The van der Waals surface area contributed by atoms with Gasteiger partial charge < -0.3 is 95.4 Å². The van der Waals surface area contributed by atoms with E-state index in [1.54, 1.807) is 48.5 Å². The minimum absolute atomic E-state index is 0. The Kier molecular flexibility index (Phi) is 40.9. The molecule has 0 bridgehead atoms. The number of carbonyl (C=O) groups is 3. The van der Waals surface area contributed by atoms with E-state index in [1.165, 1.54) is 12.8 Å². The lowest BCUT2D eigenvalue weighted by Crippen LogP contribution is -2.48. The van der Waals surface area contributed by atoms with Crippen LogP contribution in [0.1, 0.15) is 173 Å². The summed E-state index contributed by atoms with van der Waals surface area (Å²) in [4.78, 5) is 55.8. The third-order valence-electron chi connectivity index (χ3n) is 24.1. The molecule has 7 heterocycles. The predicted octanol–water partition coefficient (Wildman–Crippen LogP) is 17.4. The normalized spacial score (nSPS) is 19.9. The van der Waals surface area contributed by atoms with E-state index < -0.39 is 42.5 Å². The number of likely N-dealkylation sites (tertiary alicyclic amines) is 4. The minimum Gasteiger partial charge on any atom is -0.489 e. The fraction of sp³-hybridized carbons (Fsp3) is 0.536. The van der Waals surface area contributed by atoms with Gasteiger partial charge in [-0.3, -0.25) is 14.4 Å². The van der Waals surface area contributed by atoms with E-state index in [-0.39, 0.29) is 75.8 Å². The molecule has 7 saturated heterocycles. The van der Waals surface area contributed by atoms with Gasteiger partial charge in [-0.05, 0) is 322 Å². The molecule has 0 aromatic heterocycles. The van der Waals surface area contributed by atoms with Gasteiger partial charge in [0.15, 0.2) is 0 Å². The van der Waals surface area contributed by atoms with E-state index in [1.807, 2.05) is 152 Å². The quantitative estimate of drug-likeness (QED) is 0.0178. The van der Waals surface area contributed by atoms with Crippen molar-refractivity contribution >= 4 is 126 Å². The molecule has 30 heteroatoms. The number of benzene rings is 7. The van der Waals surface area contributed by atoms with Crippen molar-refractivity contribution in [1.29, 1.82) is 0 Å². The van der Waals surface area contributed by atoms with Gasteiger partial charge >= 0.3 is 0 Å². The number of aliphatic hydroxyl groups is 4. The number of hydrogen-bond acceptors (Lipinski definition) is 19. The van der Waals surface area contributed by atoms with Gasteiger partial charge in [0, 0.05) is 104 Å². The molecule has 0 spiro atoms. The molecule has 22 nitrogen and oxygen atoms in total. The van der Waals surface area contributed by atoms with Gasteiger partial charge in [-0.15, -0.1) is 0 Å². The van der Waals surface area contributed by atoms with E-state index in [0.29, 0.717) is 121 Å². The zero-order valence-corrected chi connectivity index (χ0v) is 81.4. The number of nitrogens with one attached hydrogen (secondary N) is 3. The molecule has 7 aliphatic rings. The minimum atomic E-state index is -0.876. The SMILES string of the molecule is CC(C)Oc1ccc(C(O)[C@H](N)CN2CCCC2)cc1Cl.CC(C)Oc1ccc([C@@H](O)[C@@H](CN2CCCC2)NC(=O)C2CCN(c3ccc(Cl)cc3)C2)cc1Cl.CC(C)Oc1ccc([C@@H](O)[C@@H](CN2CCCC2)NC(=O)[C@@H]2CCN(c3ccc(Cl)cc3)C2)cc1Cl.CC(C)Oc1ccc([C@@H](O)[C@@H](CN2CCCC2)NC(=O)[C@H]2CCN(c3ccc(Cl)cc3)C2)cc1Cl.P. The van der Waals surface area contributed by atoms with E-state index in [0.717, 1.165) is 152 Å². The number of carbonyl (C=O) groups excluding carboxylic acids is 3. The number of nitrogens with zero attached hydrogens (tertiary/aromatic N) is 7. The summed E-state index contributed by atoms with van der Waals surface area (Å²) in [6.07, 6.45) is 8.34. The van der Waals surface area contributed by atoms with Crippen molar-refractivity contribution in [3.63, 3.8) is 0 Å². The molecule has 696 valence electrons. The topological polar surface area (TPSA) is 254 Å². The molecule has 12 atom stereocenters. The van der Waals surface area contributed by atoms with Gasteiger partial charge in [-0.2, -0.15) is 9.90 Å². The second kappa shape index (κ2) is 50.5. The van der Waals surface area contributed by atoms with Crippen molar-refractivity contribution < 1.29 is 53.8 Å². The van der Waals surface area contributed by atoms with Crippen molar-refractivity contribution in [2.45, 2.75) is 199 Å². The number of anilines is 3. The Bertz CT molecular complexity index is 4190. The van der Waals surface area contributed by atoms with E-state index in [9.17, 15) is 34.8 Å². The lowest BCUT2D eigenvalue weighted by Gasteiger charge is -2.30. The summed E-state index contributed by atoms with van der Waals surface area (Å²) < 4.78 is 22.8. The number of amides is 3. The van der Waals surface area contributed by atoms with Crippen molar-refractivity contribution in [3.8, 4) is 23.0 Å². The van der Waals surface area contributed by atoms with E-state index in [4.69, 9.17) is 106 Å². The Morgan fingerprint density at radius 1 is 0.339 bits per heavy atom. The fourth-order valence-corrected chi connectivity index (χ4v) is 18.7. The molecule has 7 aromatic carbocycles. The van der Waals surface area contributed by atoms with Crippen LogP contribution in [0.15, 0.2) is 146 Å². The molecule has 7 aromatic rings. The Hall–Kier alpha value is -6.35. The zero-order chi connectivity index (χ0) is 90.3. The predicted molar refractivity (Wildman–Crippen MR) is 522 cm³/mol. The first-order valence-electron chi connectivity index (χ1n) is 45.0. The molecule has 3 unspecified atom stereocenters. The summed E-state index contributed by atoms with van der Waals surface area (Å²) in [5, 5.41) is 57.9. The zero-order valence-electron chi connectivity index (χ0n) is 74.7. The third kappa shape index (κ3) is 31.1. The van der Waals surface area contributed by atoms with Crippen LogP contribution in [0.5, 0.6) is 23.0 Å². The number of halogens is 7. The van der Waals surface area contributed by atoms with Crippen molar-refractivity contribution in [1.82, 2.24) is 35.6 Å². The Labute approximate surface area is 790 Å². The summed E-state index contributed by atoms with van der Waals surface area (Å²) >= 11 is 43.6. The van der Waals surface area contributed by atoms with Crippen LogP contribution in [-0.2, 0) is 14.4 Å². The maximum Gasteiger partial charge on any atom is 0.225 e. The smallest absolute Gasteiger partial charge is 0.225 e. The van der Waals surface area contributed by atoms with Crippen molar-refractivity contribution in [2.75, 3.05) is 133 Å². The molecule has 0 radical (unpaired) electrons. The first kappa shape index (κ1) is 103. The van der Waals surface area contributed by atoms with Crippen LogP contribution in [-0.4, -0.2) is 224 Å². The summed E-state index contributed by atoms with van der Waals surface area (Å²) in [5.74, 6) is 1.94. The maximum atomic E-state index is 13.3. The second-order valence-electron chi connectivity index (χ2n) is 35.5.